The molecule has 0 bridgehead atoms. The smallest absolute Gasteiger partial charge is 0.433 e. The zero-order valence-corrected chi connectivity index (χ0v) is 16.6. The Morgan fingerprint density at radius 1 is 0.929 bits per heavy atom. The first-order chi connectivity index (χ1) is 13.0. The van der Waals surface area contributed by atoms with Crippen molar-refractivity contribution in [2.45, 2.75) is 76.9 Å². The van der Waals surface area contributed by atoms with Crippen molar-refractivity contribution < 1.29 is 47.5 Å². The highest BCUT2D eigenvalue weighted by molar-refractivity contribution is 5.78. The van der Waals surface area contributed by atoms with E-state index in [2.05, 4.69) is 0 Å². The van der Waals surface area contributed by atoms with Crippen molar-refractivity contribution in [2.24, 2.45) is 5.41 Å². The topological polar surface area (TPSA) is 108 Å². The van der Waals surface area contributed by atoms with Gasteiger partial charge in [-0.3, -0.25) is 4.79 Å². The summed E-state index contributed by atoms with van der Waals surface area (Å²) in [6.45, 7) is 8.86. The monoisotopic (exact) mass is 402 g/mol. The number of carbonyl (C=O) groups excluding carboxylic acids is 2. The predicted molar refractivity (Wildman–Crippen MR) is 88.9 cm³/mol. The molecule has 4 saturated heterocycles. The molecule has 0 N–H and O–H groups in total. The normalized spacial score (nSPS) is 40.5. The van der Waals surface area contributed by atoms with E-state index in [-0.39, 0.29) is 13.2 Å². The summed E-state index contributed by atoms with van der Waals surface area (Å²) in [5, 5.41) is 0. The van der Waals surface area contributed by atoms with Crippen LogP contribution >= 0.6 is 0 Å². The van der Waals surface area contributed by atoms with Crippen molar-refractivity contribution in [2.75, 3.05) is 19.8 Å². The van der Waals surface area contributed by atoms with Gasteiger partial charge in [0.05, 0.1) is 6.61 Å². The number of carbonyl (C=O) groups is 2. The number of hydrogen-bond acceptors (Lipinski definition) is 10. The van der Waals surface area contributed by atoms with E-state index in [4.69, 9.17) is 37.9 Å². The molecule has 4 aliphatic rings. The largest absolute Gasteiger partial charge is 0.508 e. The Hall–Kier alpha value is -1.46. The second-order valence-electron chi connectivity index (χ2n) is 8.69. The molecule has 0 amide bonds. The zero-order chi connectivity index (χ0) is 20.3. The molecule has 4 heterocycles. The lowest BCUT2D eigenvalue weighted by Crippen LogP contribution is -2.46. The van der Waals surface area contributed by atoms with Gasteiger partial charge < -0.3 is 37.9 Å². The fourth-order valence-corrected chi connectivity index (χ4v) is 3.75. The van der Waals surface area contributed by atoms with E-state index in [1.54, 1.807) is 20.8 Å². The third-order valence-electron chi connectivity index (χ3n) is 5.18. The molecule has 10 nitrogen and oxygen atoms in total. The highest BCUT2D eigenvalue weighted by Gasteiger charge is 2.61. The molecule has 5 atom stereocenters. The second kappa shape index (κ2) is 6.53. The molecule has 3 unspecified atom stereocenters. The first-order valence-corrected chi connectivity index (χ1v) is 9.32. The van der Waals surface area contributed by atoms with Crippen molar-refractivity contribution in [3.63, 3.8) is 0 Å². The van der Waals surface area contributed by atoms with Crippen molar-refractivity contribution in [3.8, 4) is 0 Å². The molecule has 0 radical (unpaired) electrons. The molecular formula is C18H26O10. The van der Waals surface area contributed by atoms with Crippen LogP contribution in [0.5, 0.6) is 0 Å². The van der Waals surface area contributed by atoms with Crippen LogP contribution in [0.2, 0.25) is 0 Å². The Balaban J connectivity index is 1.48. The minimum absolute atomic E-state index is 0.133. The number of fused-ring (bicyclic) bond motifs is 1. The summed E-state index contributed by atoms with van der Waals surface area (Å²) in [5.41, 5.74) is -1.13. The van der Waals surface area contributed by atoms with Crippen LogP contribution in [0.15, 0.2) is 0 Å². The van der Waals surface area contributed by atoms with Crippen molar-refractivity contribution in [3.05, 3.63) is 0 Å². The van der Waals surface area contributed by atoms with Crippen LogP contribution in [-0.2, 0) is 42.7 Å². The van der Waals surface area contributed by atoms with Gasteiger partial charge in [-0.1, -0.05) is 0 Å². The Kier molecular flexibility index (Phi) is 4.63. The van der Waals surface area contributed by atoms with Crippen molar-refractivity contribution in [1.82, 2.24) is 0 Å². The minimum Gasteiger partial charge on any atom is -0.433 e. The molecule has 4 aliphatic heterocycles. The van der Waals surface area contributed by atoms with Gasteiger partial charge in [0.2, 0.25) is 6.29 Å². The van der Waals surface area contributed by atoms with E-state index in [0.29, 0.717) is 6.61 Å². The third-order valence-corrected chi connectivity index (χ3v) is 5.18. The fourth-order valence-electron chi connectivity index (χ4n) is 3.75. The van der Waals surface area contributed by atoms with Gasteiger partial charge in [0.15, 0.2) is 17.7 Å². The summed E-state index contributed by atoms with van der Waals surface area (Å²) < 4.78 is 44.7. The quantitative estimate of drug-likeness (QED) is 0.637. The molecule has 0 spiro atoms. The molecule has 0 aliphatic carbocycles. The molecule has 0 aromatic carbocycles. The molecular weight excluding hydrogens is 376 g/mol. The van der Waals surface area contributed by atoms with Crippen LogP contribution in [0.4, 0.5) is 4.79 Å². The van der Waals surface area contributed by atoms with Crippen molar-refractivity contribution >= 4 is 12.1 Å². The van der Waals surface area contributed by atoms with Crippen LogP contribution in [0.3, 0.4) is 0 Å². The lowest BCUT2D eigenvalue weighted by atomic mass is 9.92. The number of cyclic esters (lactones) is 2. The maximum atomic E-state index is 12.7. The van der Waals surface area contributed by atoms with Crippen LogP contribution in [0.25, 0.3) is 0 Å². The average Bonchev–Trinajstić information content (AvgIpc) is 3.21. The Morgan fingerprint density at radius 2 is 1.57 bits per heavy atom. The van der Waals surface area contributed by atoms with Gasteiger partial charge in [0.25, 0.3) is 0 Å². The fraction of sp³-hybridized carbons (Fsp3) is 0.889. The van der Waals surface area contributed by atoms with Gasteiger partial charge in [-0.2, -0.15) is 0 Å². The van der Waals surface area contributed by atoms with Gasteiger partial charge in [-0.05, 0) is 34.6 Å². The van der Waals surface area contributed by atoms with Crippen LogP contribution in [0, 0.1) is 5.41 Å². The van der Waals surface area contributed by atoms with Crippen LogP contribution in [0.1, 0.15) is 34.6 Å². The Bertz CT molecular complexity index is 649. The van der Waals surface area contributed by atoms with E-state index in [1.165, 1.54) is 0 Å². The molecule has 4 rings (SSSR count). The molecule has 0 saturated carbocycles. The first-order valence-electron chi connectivity index (χ1n) is 9.32. The predicted octanol–water partition coefficient (Wildman–Crippen LogP) is 1.10. The highest BCUT2D eigenvalue weighted by atomic mass is 16.8. The van der Waals surface area contributed by atoms with Crippen molar-refractivity contribution in [1.29, 1.82) is 0 Å². The van der Waals surface area contributed by atoms with Gasteiger partial charge in [0.1, 0.15) is 36.9 Å². The molecule has 10 heteroatoms. The minimum atomic E-state index is -1.13. The lowest BCUT2D eigenvalue weighted by Gasteiger charge is -2.32. The Labute approximate surface area is 162 Å². The summed E-state index contributed by atoms with van der Waals surface area (Å²) in [6, 6.07) is 0. The maximum Gasteiger partial charge on any atom is 0.508 e. The van der Waals surface area contributed by atoms with E-state index >= 15 is 0 Å². The van der Waals surface area contributed by atoms with Gasteiger partial charge in [-0.25, -0.2) is 4.79 Å². The van der Waals surface area contributed by atoms with E-state index in [1.807, 2.05) is 13.8 Å². The molecule has 28 heavy (non-hydrogen) atoms. The number of rotatable bonds is 3. The summed E-state index contributed by atoms with van der Waals surface area (Å²) in [4.78, 5) is 23.8. The summed E-state index contributed by atoms with van der Waals surface area (Å²) >= 11 is 0. The molecule has 158 valence electrons. The van der Waals surface area contributed by atoms with Crippen LogP contribution in [-0.4, -0.2) is 74.2 Å². The summed E-state index contributed by atoms with van der Waals surface area (Å²) in [7, 11) is 0. The maximum absolute atomic E-state index is 12.7. The lowest BCUT2D eigenvalue weighted by molar-refractivity contribution is -0.249. The number of hydrogen-bond donors (Lipinski definition) is 0. The number of ether oxygens (including phenoxy) is 8. The zero-order valence-electron chi connectivity index (χ0n) is 16.6. The Morgan fingerprint density at radius 3 is 2.18 bits per heavy atom. The first kappa shape index (κ1) is 19.8. The molecule has 4 fully saturated rings. The molecule has 0 aromatic rings. The summed E-state index contributed by atoms with van der Waals surface area (Å²) in [6.07, 6.45) is -3.82. The second-order valence-corrected chi connectivity index (χ2v) is 8.69. The SMILES string of the molecule is CC1(C)OCC([C@H]2OC(OC(=O)C3(C)COC(=O)OC3)C3OC(C)(C)O[C@H]32)O1. The average molecular weight is 402 g/mol. The molecule has 0 aromatic heterocycles. The highest BCUT2D eigenvalue weighted by Crippen LogP contribution is 2.43. The van der Waals surface area contributed by atoms with Crippen LogP contribution < -0.4 is 0 Å². The van der Waals surface area contributed by atoms with E-state index in [9.17, 15) is 9.59 Å². The summed E-state index contributed by atoms with van der Waals surface area (Å²) in [5.74, 6) is -2.20. The van der Waals surface area contributed by atoms with Gasteiger partial charge in [-0.15, -0.1) is 0 Å². The van der Waals surface area contributed by atoms with E-state index < -0.39 is 59.8 Å². The number of esters is 1. The van der Waals surface area contributed by atoms with Gasteiger partial charge in [0, 0.05) is 0 Å². The standard InChI is InChI=1S/C18H26O10/c1-16(2)23-6-9(26-16)10-11-12(28-17(3,4)27-11)13(24-10)25-14(19)18(5)7-21-15(20)22-8-18/h9-13H,6-8H2,1-5H3/t9?,10-,11+,12?,13?/m1/s1. The van der Waals surface area contributed by atoms with E-state index in [0.717, 1.165) is 0 Å². The third kappa shape index (κ3) is 3.59. The van der Waals surface area contributed by atoms with Gasteiger partial charge >= 0.3 is 12.1 Å².